The van der Waals surface area contributed by atoms with Crippen LogP contribution < -0.4 is 0 Å². The van der Waals surface area contributed by atoms with Gasteiger partial charge in [0.05, 0.1) is 13.2 Å². The molecular formula is C12H20O3. The van der Waals surface area contributed by atoms with E-state index in [-0.39, 0.29) is 13.2 Å². The SMILES string of the molecule is CCC(C)c1ccccc1O.OCCO. The number of para-hydroxylation sites is 1. The van der Waals surface area contributed by atoms with E-state index in [2.05, 4.69) is 13.8 Å². The normalized spacial score (nSPS) is 11.5. The van der Waals surface area contributed by atoms with E-state index in [1.165, 1.54) is 0 Å². The topological polar surface area (TPSA) is 60.7 Å². The molecule has 0 aromatic heterocycles. The molecule has 3 N–H and O–H groups in total. The number of hydrogen-bond acceptors (Lipinski definition) is 3. The smallest absolute Gasteiger partial charge is 0.119 e. The van der Waals surface area contributed by atoms with Crippen molar-refractivity contribution >= 4 is 0 Å². The van der Waals surface area contributed by atoms with E-state index in [4.69, 9.17) is 10.2 Å². The van der Waals surface area contributed by atoms with Gasteiger partial charge in [-0.2, -0.15) is 0 Å². The molecule has 0 aliphatic heterocycles. The standard InChI is InChI=1S/C10H14O.C2H6O2/c1-3-8(2)9-6-4-5-7-10(9)11;3-1-2-4/h4-8,11H,3H2,1-2H3;3-4H,1-2H2. The molecule has 0 saturated carbocycles. The Morgan fingerprint density at radius 3 is 2.07 bits per heavy atom. The number of rotatable bonds is 3. The van der Waals surface area contributed by atoms with Crippen LogP contribution in [0.15, 0.2) is 24.3 Å². The van der Waals surface area contributed by atoms with Crippen LogP contribution in [-0.2, 0) is 0 Å². The molecule has 15 heavy (non-hydrogen) atoms. The highest BCUT2D eigenvalue weighted by molar-refractivity contribution is 5.34. The summed E-state index contributed by atoms with van der Waals surface area (Å²) in [5.41, 5.74) is 1.05. The van der Waals surface area contributed by atoms with Gasteiger partial charge in [-0.25, -0.2) is 0 Å². The van der Waals surface area contributed by atoms with Crippen molar-refractivity contribution in [3.05, 3.63) is 29.8 Å². The Kier molecular flexibility index (Phi) is 7.68. The van der Waals surface area contributed by atoms with Gasteiger partial charge in [0.25, 0.3) is 0 Å². The third-order valence-corrected chi connectivity index (χ3v) is 2.18. The van der Waals surface area contributed by atoms with Crippen LogP contribution in [0.4, 0.5) is 0 Å². The molecule has 1 aromatic carbocycles. The fourth-order valence-electron chi connectivity index (χ4n) is 1.12. The van der Waals surface area contributed by atoms with Crippen molar-refractivity contribution in [2.45, 2.75) is 26.2 Å². The van der Waals surface area contributed by atoms with Crippen LogP contribution in [-0.4, -0.2) is 28.5 Å². The average molecular weight is 212 g/mol. The molecule has 0 heterocycles. The second-order valence-electron chi connectivity index (χ2n) is 3.32. The molecule has 0 aliphatic rings. The van der Waals surface area contributed by atoms with E-state index in [1.807, 2.05) is 18.2 Å². The van der Waals surface area contributed by atoms with Gasteiger partial charge in [-0.05, 0) is 24.0 Å². The maximum Gasteiger partial charge on any atom is 0.119 e. The highest BCUT2D eigenvalue weighted by Crippen LogP contribution is 2.26. The number of phenols is 1. The van der Waals surface area contributed by atoms with Crippen molar-refractivity contribution in [2.24, 2.45) is 0 Å². The molecule has 1 atom stereocenters. The Morgan fingerprint density at radius 2 is 1.67 bits per heavy atom. The Morgan fingerprint density at radius 1 is 1.13 bits per heavy atom. The van der Waals surface area contributed by atoms with E-state index in [0.29, 0.717) is 11.7 Å². The predicted molar refractivity (Wildman–Crippen MR) is 61.0 cm³/mol. The summed E-state index contributed by atoms with van der Waals surface area (Å²) in [6, 6.07) is 7.52. The van der Waals surface area contributed by atoms with E-state index in [1.54, 1.807) is 6.07 Å². The van der Waals surface area contributed by atoms with E-state index in [9.17, 15) is 5.11 Å². The second kappa shape index (κ2) is 8.26. The average Bonchev–Trinajstić information content (AvgIpc) is 2.29. The highest BCUT2D eigenvalue weighted by atomic mass is 16.3. The van der Waals surface area contributed by atoms with Crippen molar-refractivity contribution < 1.29 is 15.3 Å². The molecule has 3 heteroatoms. The zero-order valence-corrected chi connectivity index (χ0v) is 9.35. The minimum atomic E-state index is -0.125. The first-order valence-electron chi connectivity index (χ1n) is 5.16. The Labute approximate surface area is 91.0 Å². The van der Waals surface area contributed by atoms with Gasteiger partial charge in [-0.3, -0.25) is 0 Å². The summed E-state index contributed by atoms with van der Waals surface area (Å²) in [4.78, 5) is 0. The van der Waals surface area contributed by atoms with Crippen LogP contribution in [0.3, 0.4) is 0 Å². The van der Waals surface area contributed by atoms with Crippen molar-refractivity contribution in [3.8, 4) is 5.75 Å². The van der Waals surface area contributed by atoms with Gasteiger partial charge >= 0.3 is 0 Å². The fraction of sp³-hybridized carbons (Fsp3) is 0.500. The third kappa shape index (κ3) is 5.40. The minimum Gasteiger partial charge on any atom is -0.508 e. The molecule has 1 aromatic rings. The molecule has 0 bridgehead atoms. The van der Waals surface area contributed by atoms with Crippen molar-refractivity contribution in [2.75, 3.05) is 13.2 Å². The lowest BCUT2D eigenvalue weighted by molar-refractivity contribution is 0.186. The summed E-state index contributed by atoms with van der Waals surface area (Å²) in [6.45, 7) is 3.99. The van der Waals surface area contributed by atoms with Gasteiger partial charge < -0.3 is 15.3 Å². The third-order valence-electron chi connectivity index (χ3n) is 2.18. The van der Waals surface area contributed by atoms with Crippen molar-refractivity contribution in [1.29, 1.82) is 0 Å². The van der Waals surface area contributed by atoms with E-state index < -0.39 is 0 Å². The van der Waals surface area contributed by atoms with Crippen LogP contribution >= 0.6 is 0 Å². The maximum absolute atomic E-state index is 9.41. The summed E-state index contributed by atoms with van der Waals surface area (Å²) in [6.07, 6.45) is 1.07. The molecule has 0 amide bonds. The molecule has 0 aliphatic carbocycles. The summed E-state index contributed by atoms with van der Waals surface area (Å²) in [5, 5.41) is 24.7. The van der Waals surface area contributed by atoms with Gasteiger partial charge in [-0.1, -0.05) is 32.0 Å². The first-order chi connectivity index (χ1) is 7.17. The zero-order valence-electron chi connectivity index (χ0n) is 9.35. The molecule has 1 rings (SSSR count). The number of aliphatic hydroxyl groups excluding tert-OH is 2. The largest absolute Gasteiger partial charge is 0.508 e. The van der Waals surface area contributed by atoms with Crippen LogP contribution in [0, 0.1) is 0 Å². The lowest BCUT2D eigenvalue weighted by Gasteiger charge is -2.09. The number of benzene rings is 1. The quantitative estimate of drug-likeness (QED) is 0.717. The van der Waals surface area contributed by atoms with Crippen LogP contribution in [0.25, 0.3) is 0 Å². The van der Waals surface area contributed by atoms with Crippen molar-refractivity contribution in [3.63, 3.8) is 0 Å². The molecule has 0 fully saturated rings. The monoisotopic (exact) mass is 212 g/mol. The predicted octanol–water partition coefficient (Wildman–Crippen LogP) is 1.88. The Balaban J connectivity index is 0.000000423. The number of aliphatic hydroxyl groups is 2. The molecule has 3 nitrogen and oxygen atoms in total. The van der Waals surface area contributed by atoms with Gasteiger partial charge in [-0.15, -0.1) is 0 Å². The van der Waals surface area contributed by atoms with Crippen molar-refractivity contribution in [1.82, 2.24) is 0 Å². The number of aromatic hydroxyl groups is 1. The number of hydrogen-bond donors (Lipinski definition) is 3. The van der Waals surface area contributed by atoms with Gasteiger partial charge in [0, 0.05) is 0 Å². The summed E-state index contributed by atoms with van der Waals surface area (Å²) < 4.78 is 0. The Bertz CT molecular complexity index is 259. The second-order valence-corrected chi connectivity index (χ2v) is 3.32. The summed E-state index contributed by atoms with van der Waals surface area (Å²) in [5.74, 6) is 0.873. The van der Waals surface area contributed by atoms with E-state index in [0.717, 1.165) is 12.0 Å². The zero-order chi connectivity index (χ0) is 11.7. The first-order valence-corrected chi connectivity index (χ1v) is 5.16. The minimum absolute atomic E-state index is 0.125. The summed E-state index contributed by atoms with van der Waals surface area (Å²) in [7, 11) is 0. The van der Waals surface area contributed by atoms with E-state index >= 15 is 0 Å². The van der Waals surface area contributed by atoms with Crippen LogP contribution in [0.2, 0.25) is 0 Å². The van der Waals surface area contributed by atoms with Gasteiger partial charge in [0.15, 0.2) is 0 Å². The molecule has 1 unspecified atom stereocenters. The molecule has 86 valence electrons. The van der Waals surface area contributed by atoms with Crippen LogP contribution in [0.1, 0.15) is 31.7 Å². The molecule has 0 saturated heterocycles. The lowest BCUT2D eigenvalue weighted by Crippen LogP contribution is -1.90. The van der Waals surface area contributed by atoms with Crippen LogP contribution in [0.5, 0.6) is 5.75 Å². The van der Waals surface area contributed by atoms with Gasteiger partial charge in [0.2, 0.25) is 0 Å². The highest BCUT2D eigenvalue weighted by Gasteiger charge is 2.05. The van der Waals surface area contributed by atoms with Gasteiger partial charge in [0.1, 0.15) is 5.75 Å². The first kappa shape index (κ1) is 13.9. The Hall–Kier alpha value is -1.06. The fourth-order valence-corrected chi connectivity index (χ4v) is 1.12. The molecule has 0 radical (unpaired) electrons. The number of phenolic OH excluding ortho intramolecular Hbond substituents is 1. The lowest BCUT2D eigenvalue weighted by atomic mass is 9.98. The molecular weight excluding hydrogens is 192 g/mol. The molecule has 0 spiro atoms. The summed E-state index contributed by atoms with van der Waals surface area (Å²) >= 11 is 0. The maximum atomic E-state index is 9.41.